The highest BCUT2D eigenvalue weighted by molar-refractivity contribution is 9.10. The summed E-state index contributed by atoms with van der Waals surface area (Å²) < 4.78 is 0.887. The highest BCUT2D eigenvalue weighted by atomic mass is 79.9. The van der Waals surface area contributed by atoms with E-state index in [1.807, 2.05) is 42.5 Å². The van der Waals surface area contributed by atoms with Gasteiger partial charge in [-0.1, -0.05) is 88.8 Å². The number of allylic oxidation sites excluding steroid dienone is 5. The predicted molar refractivity (Wildman–Crippen MR) is 133 cm³/mol. The van der Waals surface area contributed by atoms with Crippen molar-refractivity contribution in [3.63, 3.8) is 0 Å². The van der Waals surface area contributed by atoms with Crippen molar-refractivity contribution < 1.29 is 4.79 Å². The third-order valence-corrected chi connectivity index (χ3v) is 6.05. The zero-order chi connectivity index (χ0) is 21.2. The molecule has 0 heterocycles. The van der Waals surface area contributed by atoms with E-state index in [9.17, 15) is 4.79 Å². The van der Waals surface area contributed by atoms with Crippen molar-refractivity contribution in [2.75, 3.05) is 0 Å². The van der Waals surface area contributed by atoms with Crippen LogP contribution in [0.5, 0.6) is 0 Å². The summed E-state index contributed by atoms with van der Waals surface area (Å²) in [6.07, 6.45) is 8.79. The van der Waals surface area contributed by atoms with Gasteiger partial charge in [0.1, 0.15) is 0 Å². The molecule has 4 aromatic rings. The maximum Gasteiger partial charge on any atom is 0.255 e. The molecule has 1 amide bonds. The highest BCUT2D eigenvalue weighted by Crippen LogP contribution is 2.35. The fraction of sp³-hybridized carbons (Fsp3) is 0.0357. The number of nitrogens with one attached hydrogen (secondary N) is 1. The van der Waals surface area contributed by atoms with E-state index in [-0.39, 0.29) is 5.91 Å². The Morgan fingerprint density at radius 1 is 0.774 bits per heavy atom. The molecule has 150 valence electrons. The maximum absolute atomic E-state index is 12.8. The first-order valence-electron chi connectivity index (χ1n) is 10.2. The number of carbonyl (C=O) groups is 1. The minimum atomic E-state index is -0.106. The van der Waals surface area contributed by atoms with Crippen molar-refractivity contribution >= 4 is 49.0 Å². The molecule has 0 saturated heterocycles. The number of benzene rings is 4. The molecule has 3 heteroatoms. The molecule has 0 unspecified atom stereocenters. The van der Waals surface area contributed by atoms with Gasteiger partial charge in [-0.25, -0.2) is 0 Å². The van der Waals surface area contributed by atoms with Crippen LogP contribution in [0.4, 0.5) is 0 Å². The van der Waals surface area contributed by atoms with Gasteiger partial charge in [-0.3, -0.25) is 4.79 Å². The molecule has 1 aliphatic rings. The Morgan fingerprint density at radius 2 is 1.52 bits per heavy atom. The normalized spacial score (nSPS) is 13.6. The zero-order valence-electron chi connectivity index (χ0n) is 16.8. The number of carbonyl (C=O) groups excluding carboxylic acids is 1. The standard InChI is InChI=1S/C28H20BrNO/c29-22-11-7-10-21(16-22)28(31)30-23-12-3-1-8-19(17-23)27-18-20-9-2-4-13-24(20)25-14-5-6-15-26(25)27/h1-16,18H,17H2,(H,30,31). The van der Waals surface area contributed by atoms with Crippen molar-refractivity contribution in [1.82, 2.24) is 5.32 Å². The molecule has 0 spiro atoms. The SMILES string of the molecule is O=C(NC1=CC=CC=C(c2cc3ccccc3c3ccccc23)C1)c1cccc(Br)c1. The Hall–Kier alpha value is -3.43. The number of halogens is 1. The molecule has 1 aliphatic carbocycles. The topological polar surface area (TPSA) is 29.1 Å². The van der Waals surface area contributed by atoms with Crippen molar-refractivity contribution in [2.45, 2.75) is 6.42 Å². The van der Waals surface area contributed by atoms with Gasteiger partial charge in [0.25, 0.3) is 5.91 Å². The number of hydrogen-bond acceptors (Lipinski definition) is 1. The monoisotopic (exact) mass is 465 g/mol. The highest BCUT2D eigenvalue weighted by Gasteiger charge is 2.15. The molecule has 0 radical (unpaired) electrons. The van der Waals surface area contributed by atoms with Gasteiger partial charge in [0, 0.05) is 22.2 Å². The third-order valence-electron chi connectivity index (χ3n) is 5.56. The Kier molecular flexibility index (Phi) is 5.27. The van der Waals surface area contributed by atoms with Crippen LogP contribution in [0.3, 0.4) is 0 Å². The van der Waals surface area contributed by atoms with Crippen LogP contribution in [-0.4, -0.2) is 5.91 Å². The average Bonchev–Trinajstić information content (AvgIpc) is 3.04. The number of rotatable bonds is 3. The number of hydrogen-bond donors (Lipinski definition) is 1. The molecule has 0 bridgehead atoms. The molecule has 5 rings (SSSR count). The molecule has 0 aromatic heterocycles. The van der Waals surface area contributed by atoms with E-state index in [2.05, 4.69) is 81.9 Å². The summed E-state index contributed by atoms with van der Waals surface area (Å²) >= 11 is 3.44. The summed E-state index contributed by atoms with van der Waals surface area (Å²) in [4.78, 5) is 12.8. The van der Waals surface area contributed by atoms with E-state index in [4.69, 9.17) is 0 Å². The molecule has 0 fully saturated rings. The lowest BCUT2D eigenvalue weighted by molar-refractivity contribution is 0.0965. The van der Waals surface area contributed by atoms with Crippen LogP contribution in [0.15, 0.2) is 113 Å². The summed E-state index contributed by atoms with van der Waals surface area (Å²) in [5.74, 6) is -0.106. The first-order chi connectivity index (χ1) is 15.2. The molecule has 0 aliphatic heterocycles. The fourth-order valence-electron chi connectivity index (χ4n) is 4.10. The molecular weight excluding hydrogens is 446 g/mol. The largest absolute Gasteiger partial charge is 0.325 e. The molecule has 1 N–H and O–H groups in total. The van der Waals surface area contributed by atoms with Gasteiger partial charge >= 0.3 is 0 Å². The third kappa shape index (κ3) is 3.97. The Labute approximate surface area is 189 Å². The summed E-state index contributed by atoms with van der Waals surface area (Å²) in [5.41, 5.74) is 3.88. The van der Waals surface area contributed by atoms with Gasteiger partial charge in [0.2, 0.25) is 0 Å². The van der Waals surface area contributed by atoms with Crippen LogP contribution in [0.2, 0.25) is 0 Å². The molecule has 31 heavy (non-hydrogen) atoms. The van der Waals surface area contributed by atoms with Crippen LogP contribution >= 0.6 is 15.9 Å². The maximum atomic E-state index is 12.8. The second-order valence-corrected chi connectivity index (χ2v) is 8.52. The lowest BCUT2D eigenvalue weighted by Gasteiger charge is -2.15. The lowest BCUT2D eigenvalue weighted by Crippen LogP contribution is -2.22. The molecule has 4 aromatic carbocycles. The summed E-state index contributed by atoms with van der Waals surface area (Å²) in [7, 11) is 0. The van der Waals surface area contributed by atoms with E-state index in [1.165, 1.54) is 32.7 Å². The van der Waals surface area contributed by atoms with E-state index in [0.29, 0.717) is 12.0 Å². The first kappa shape index (κ1) is 19.5. The van der Waals surface area contributed by atoms with E-state index < -0.39 is 0 Å². The molecule has 0 atom stereocenters. The van der Waals surface area contributed by atoms with Gasteiger partial charge in [0.05, 0.1) is 0 Å². The summed E-state index contributed by atoms with van der Waals surface area (Å²) in [6.45, 7) is 0. The van der Waals surface area contributed by atoms with Crippen molar-refractivity contribution in [2.24, 2.45) is 0 Å². The number of fused-ring (bicyclic) bond motifs is 3. The number of amides is 1. The summed E-state index contributed by atoms with van der Waals surface area (Å²) in [5, 5.41) is 8.03. The van der Waals surface area contributed by atoms with Gasteiger partial charge in [-0.05, 0) is 63.0 Å². The molecule has 2 nitrogen and oxygen atoms in total. The van der Waals surface area contributed by atoms with Gasteiger partial charge < -0.3 is 5.32 Å². The second kappa shape index (κ2) is 8.37. The van der Waals surface area contributed by atoms with E-state index in [1.54, 1.807) is 0 Å². The van der Waals surface area contributed by atoms with Gasteiger partial charge in [-0.15, -0.1) is 0 Å². The zero-order valence-corrected chi connectivity index (χ0v) is 18.4. The van der Waals surface area contributed by atoms with Crippen LogP contribution < -0.4 is 5.32 Å². The van der Waals surface area contributed by atoms with Crippen molar-refractivity contribution in [3.05, 3.63) is 124 Å². The Morgan fingerprint density at radius 3 is 2.35 bits per heavy atom. The Balaban J connectivity index is 1.52. The van der Waals surface area contributed by atoms with Crippen LogP contribution in [0.1, 0.15) is 22.3 Å². The predicted octanol–water partition coefficient (Wildman–Crippen LogP) is 7.41. The minimum absolute atomic E-state index is 0.106. The smallest absolute Gasteiger partial charge is 0.255 e. The fourth-order valence-corrected chi connectivity index (χ4v) is 4.50. The quantitative estimate of drug-likeness (QED) is 0.313. The van der Waals surface area contributed by atoms with Crippen molar-refractivity contribution in [1.29, 1.82) is 0 Å². The average molecular weight is 466 g/mol. The van der Waals surface area contributed by atoms with E-state index >= 15 is 0 Å². The van der Waals surface area contributed by atoms with Gasteiger partial charge in [-0.2, -0.15) is 0 Å². The second-order valence-electron chi connectivity index (χ2n) is 7.60. The Bertz CT molecular complexity index is 1410. The lowest BCUT2D eigenvalue weighted by atomic mass is 9.91. The van der Waals surface area contributed by atoms with Crippen molar-refractivity contribution in [3.8, 4) is 0 Å². The summed E-state index contributed by atoms with van der Waals surface area (Å²) in [6, 6.07) is 26.7. The first-order valence-corrected chi connectivity index (χ1v) is 11.0. The van der Waals surface area contributed by atoms with Crippen LogP contribution in [-0.2, 0) is 0 Å². The molecule has 0 saturated carbocycles. The van der Waals surface area contributed by atoms with Crippen LogP contribution in [0, 0.1) is 0 Å². The van der Waals surface area contributed by atoms with Crippen LogP contribution in [0.25, 0.3) is 27.1 Å². The minimum Gasteiger partial charge on any atom is -0.325 e. The van der Waals surface area contributed by atoms with E-state index in [0.717, 1.165) is 10.2 Å². The van der Waals surface area contributed by atoms with Gasteiger partial charge in [0.15, 0.2) is 0 Å². The molecular formula is C28H20BrNO.